The number of hydrogen-bond acceptors (Lipinski definition) is 2. The van der Waals surface area contributed by atoms with Crippen molar-refractivity contribution in [2.24, 2.45) is 11.8 Å². The third-order valence-electron chi connectivity index (χ3n) is 3.72. The highest BCUT2D eigenvalue weighted by molar-refractivity contribution is 5.78. The van der Waals surface area contributed by atoms with Crippen molar-refractivity contribution in [1.82, 2.24) is 10.2 Å². The van der Waals surface area contributed by atoms with Crippen LogP contribution in [0.1, 0.15) is 53.4 Å². The van der Waals surface area contributed by atoms with Gasteiger partial charge in [0.1, 0.15) is 0 Å². The minimum Gasteiger partial charge on any atom is -0.352 e. The highest BCUT2D eigenvalue weighted by Crippen LogP contribution is 2.23. The SMILES string of the molecule is CCCCC1CC(NC(C)=O)CN(C(=O)C(C)C)C1. The zero-order chi connectivity index (χ0) is 14.4. The number of rotatable bonds is 5. The van der Waals surface area contributed by atoms with E-state index in [9.17, 15) is 9.59 Å². The molecule has 0 radical (unpaired) electrons. The van der Waals surface area contributed by atoms with Gasteiger partial charge in [-0.2, -0.15) is 0 Å². The summed E-state index contributed by atoms with van der Waals surface area (Å²) in [5.74, 6) is 0.755. The summed E-state index contributed by atoms with van der Waals surface area (Å²) < 4.78 is 0. The summed E-state index contributed by atoms with van der Waals surface area (Å²) in [5, 5.41) is 2.98. The third-order valence-corrected chi connectivity index (χ3v) is 3.72. The average molecular weight is 268 g/mol. The van der Waals surface area contributed by atoms with Gasteiger partial charge in [0.2, 0.25) is 11.8 Å². The Morgan fingerprint density at radius 1 is 1.32 bits per heavy atom. The molecular weight excluding hydrogens is 240 g/mol. The van der Waals surface area contributed by atoms with Gasteiger partial charge in [0.25, 0.3) is 0 Å². The van der Waals surface area contributed by atoms with Crippen LogP contribution >= 0.6 is 0 Å². The zero-order valence-corrected chi connectivity index (χ0v) is 12.7. The first-order chi connectivity index (χ1) is 8.93. The van der Waals surface area contributed by atoms with Crippen molar-refractivity contribution in [3.8, 4) is 0 Å². The highest BCUT2D eigenvalue weighted by atomic mass is 16.2. The molecule has 1 rings (SSSR count). The number of nitrogens with zero attached hydrogens (tertiary/aromatic N) is 1. The molecule has 1 fully saturated rings. The van der Waals surface area contributed by atoms with Crippen LogP contribution in [0.2, 0.25) is 0 Å². The van der Waals surface area contributed by atoms with E-state index in [1.165, 1.54) is 12.8 Å². The molecule has 1 aliphatic heterocycles. The van der Waals surface area contributed by atoms with Gasteiger partial charge in [0.15, 0.2) is 0 Å². The molecule has 4 heteroatoms. The van der Waals surface area contributed by atoms with E-state index in [1.807, 2.05) is 18.7 Å². The smallest absolute Gasteiger partial charge is 0.225 e. The fourth-order valence-electron chi connectivity index (χ4n) is 2.84. The molecule has 0 aromatic heterocycles. The lowest BCUT2D eigenvalue weighted by molar-refractivity contribution is -0.137. The number of nitrogens with one attached hydrogen (secondary N) is 1. The van der Waals surface area contributed by atoms with Gasteiger partial charge in [0, 0.05) is 32.0 Å². The average Bonchev–Trinajstić information content (AvgIpc) is 2.34. The van der Waals surface area contributed by atoms with Crippen LogP contribution in [-0.2, 0) is 9.59 Å². The van der Waals surface area contributed by atoms with Gasteiger partial charge < -0.3 is 10.2 Å². The van der Waals surface area contributed by atoms with Gasteiger partial charge in [0.05, 0.1) is 0 Å². The number of carbonyl (C=O) groups is 2. The van der Waals surface area contributed by atoms with E-state index < -0.39 is 0 Å². The number of hydrogen-bond donors (Lipinski definition) is 1. The van der Waals surface area contributed by atoms with Crippen molar-refractivity contribution in [2.45, 2.75) is 59.4 Å². The van der Waals surface area contributed by atoms with Crippen LogP contribution < -0.4 is 5.32 Å². The Labute approximate surface area is 116 Å². The summed E-state index contributed by atoms with van der Waals surface area (Å²) in [6, 6.07) is 0.121. The van der Waals surface area contributed by atoms with Crippen molar-refractivity contribution in [3.05, 3.63) is 0 Å². The molecule has 0 aliphatic carbocycles. The maximum Gasteiger partial charge on any atom is 0.225 e. The Morgan fingerprint density at radius 2 is 2.00 bits per heavy atom. The van der Waals surface area contributed by atoms with E-state index in [4.69, 9.17) is 0 Å². The van der Waals surface area contributed by atoms with Crippen molar-refractivity contribution in [2.75, 3.05) is 13.1 Å². The number of piperidine rings is 1. The third kappa shape index (κ3) is 5.21. The molecule has 1 heterocycles. The highest BCUT2D eigenvalue weighted by Gasteiger charge is 2.30. The minimum absolute atomic E-state index is 0.00177. The lowest BCUT2D eigenvalue weighted by atomic mass is 9.89. The van der Waals surface area contributed by atoms with E-state index in [2.05, 4.69) is 12.2 Å². The first-order valence-corrected chi connectivity index (χ1v) is 7.49. The summed E-state index contributed by atoms with van der Waals surface area (Å²) >= 11 is 0. The number of carbonyl (C=O) groups excluding carboxylic acids is 2. The Hall–Kier alpha value is -1.06. The molecule has 1 N–H and O–H groups in total. The molecule has 1 saturated heterocycles. The summed E-state index contributed by atoms with van der Waals surface area (Å²) in [4.78, 5) is 25.3. The lowest BCUT2D eigenvalue weighted by Gasteiger charge is -2.39. The van der Waals surface area contributed by atoms with E-state index in [0.717, 1.165) is 19.4 Å². The Morgan fingerprint density at radius 3 is 2.53 bits per heavy atom. The Balaban J connectivity index is 2.65. The normalized spacial score (nSPS) is 23.5. The van der Waals surface area contributed by atoms with E-state index >= 15 is 0 Å². The van der Waals surface area contributed by atoms with E-state index in [1.54, 1.807) is 6.92 Å². The first kappa shape index (κ1) is 16.0. The fraction of sp³-hybridized carbons (Fsp3) is 0.867. The van der Waals surface area contributed by atoms with Gasteiger partial charge in [-0.3, -0.25) is 9.59 Å². The molecule has 4 nitrogen and oxygen atoms in total. The molecule has 2 amide bonds. The predicted octanol–water partition coefficient (Wildman–Crippen LogP) is 2.19. The topological polar surface area (TPSA) is 49.4 Å². The summed E-state index contributed by atoms with van der Waals surface area (Å²) in [5.41, 5.74) is 0. The van der Waals surface area contributed by atoms with Crippen molar-refractivity contribution in [1.29, 1.82) is 0 Å². The van der Waals surface area contributed by atoms with Crippen LogP contribution in [0.4, 0.5) is 0 Å². The Kier molecular flexibility index (Phi) is 6.32. The monoisotopic (exact) mass is 268 g/mol. The standard InChI is InChI=1S/C15H28N2O2/c1-5-6-7-13-8-14(16-12(4)18)10-17(9-13)15(19)11(2)3/h11,13-14H,5-10H2,1-4H3,(H,16,18). The molecular formula is C15H28N2O2. The molecule has 19 heavy (non-hydrogen) atoms. The summed E-state index contributed by atoms with van der Waals surface area (Å²) in [6.45, 7) is 9.12. The van der Waals surface area contributed by atoms with Gasteiger partial charge >= 0.3 is 0 Å². The van der Waals surface area contributed by atoms with Crippen molar-refractivity contribution in [3.63, 3.8) is 0 Å². The number of likely N-dealkylation sites (tertiary alicyclic amines) is 1. The lowest BCUT2D eigenvalue weighted by Crippen LogP contribution is -2.53. The van der Waals surface area contributed by atoms with Gasteiger partial charge in [-0.1, -0.05) is 33.6 Å². The van der Waals surface area contributed by atoms with Gasteiger partial charge in [-0.05, 0) is 18.8 Å². The minimum atomic E-state index is -0.00177. The fourth-order valence-corrected chi connectivity index (χ4v) is 2.84. The second-order valence-electron chi connectivity index (χ2n) is 6.04. The second-order valence-corrected chi connectivity index (χ2v) is 6.04. The van der Waals surface area contributed by atoms with Crippen molar-refractivity contribution < 1.29 is 9.59 Å². The van der Waals surface area contributed by atoms with Crippen LogP contribution in [0.15, 0.2) is 0 Å². The Bertz CT molecular complexity index is 315. The van der Waals surface area contributed by atoms with Crippen molar-refractivity contribution >= 4 is 11.8 Å². The van der Waals surface area contributed by atoms with Crippen LogP contribution in [0.25, 0.3) is 0 Å². The summed E-state index contributed by atoms with van der Waals surface area (Å²) in [6.07, 6.45) is 4.52. The van der Waals surface area contributed by atoms with Gasteiger partial charge in [-0.15, -0.1) is 0 Å². The summed E-state index contributed by atoms with van der Waals surface area (Å²) in [7, 11) is 0. The molecule has 0 saturated carbocycles. The molecule has 2 unspecified atom stereocenters. The van der Waals surface area contributed by atoms with E-state index in [0.29, 0.717) is 12.5 Å². The maximum atomic E-state index is 12.2. The predicted molar refractivity (Wildman–Crippen MR) is 76.7 cm³/mol. The van der Waals surface area contributed by atoms with Crippen LogP contribution in [0.5, 0.6) is 0 Å². The maximum absolute atomic E-state index is 12.2. The molecule has 2 atom stereocenters. The van der Waals surface area contributed by atoms with Crippen LogP contribution in [-0.4, -0.2) is 35.8 Å². The largest absolute Gasteiger partial charge is 0.352 e. The molecule has 0 aromatic rings. The number of unbranched alkanes of at least 4 members (excludes halogenated alkanes) is 1. The number of amides is 2. The zero-order valence-electron chi connectivity index (χ0n) is 12.7. The molecule has 110 valence electrons. The van der Waals surface area contributed by atoms with Crippen LogP contribution in [0, 0.1) is 11.8 Å². The quantitative estimate of drug-likeness (QED) is 0.831. The molecule has 0 aromatic carbocycles. The molecule has 0 spiro atoms. The second kappa shape index (κ2) is 7.51. The first-order valence-electron chi connectivity index (χ1n) is 7.49. The van der Waals surface area contributed by atoms with E-state index in [-0.39, 0.29) is 23.8 Å². The molecule has 0 bridgehead atoms. The molecule has 1 aliphatic rings. The van der Waals surface area contributed by atoms with Crippen LogP contribution in [0.3, 0.4) is 0 Å². The van der Waals surface area contributed by atoms with Gasteiger partial charge in [-0.25, -0.2) is 0 Å².